The first-order valence-corrected chi connectivity index (χ1v) is 8.11. The van der Waals surface area contributed by atoms with E-state index in [0.717, 1.165) is 12.8 Å². The lowest BCUT2D eigenvalue weighted by Gasteiger charge is -2.28. The van der Waals surface area contributed by atoms with Crippen LogP contribution in [-0.4, -0.2) is 24.7 Å². The lowest BCUT2D eigenvalue weighted by Crippen LogP contribution is -2.47. The Morgan fingerprint density at radius 2 is 1.84 bits per heavy atom. The third-order valence-corrected chi connectivity index (χ3v) is 4.12. The highest BCUT2D eigenvalue weighted by Gasteiger charge is 2.28. The van der Waals surface area contributed by atoms with Gasteiger partial charge >= 0.3 is 5.97 Å². The van der Waals surface area contributed by atoms with Crippen LogP contribution in [0.15, 0.2) is 0 Å². The van der Waals surface area contributed by atoms with E-state index in [1.807, 2.05) is 6.92 Å². The van der Waals surface area contributed by atoms with Crippen LogP contribution in [0.3, 0.4) is 0 Å². The fraction of sp³-hybridized carbons (Fsp3) is 0.938. The topological polar surface area (TPSA) is 38.3 Å². The summed E-state index contributed by atoms with van der Waals surface area (Å²) < 4.78 is 5.24. The van der Waals surface area contributed by atoms with Crippen molar-refractivity contribution in [3.63, 3.8) is 0 Å². The Bertz CT molecular complexity index is 247. The maximum absolute atomic E-state index is 12.1. The van der Waals surface area contributed by atoms with Crippen molar-refractivity contribution in [2.24, 2.45) is 5.92 Å². The first-order valence-electron chi connectivity index (χ1n) is 8.11. The summed E-state index contributed by atoms with van der Waals surface area (Å²) in [6, 6.07) is 0.374. The third-order valence-electron chi connectivity index (χ3n) is 4.12. The molecule has 0 aliphatic heterocycles. The Kier molecular flexibility index (Phi) is 8.11. The molecule has 0 heterocycles. The minimum Gasteiger partial charge on any atom is -0.465 e. The fourth-order valence-corrected chi connectivity index (χ4v) is 3.02. The predicted molar refractivity (Wildman–Crippen MR) is 79.1 cm³/mol. The second-order valence-corrected chi connectivity index (χ2v) is 5.85. The lowest BCUT2D eigenvalue weighted by molar-refractivity contribution is -0.147. The monoisotopic (exact) mass is 269 g/mol. The van der Waals surface area contributed by atoms with Crippen LogP contribution in [0, 0.1) is 5.92 Å². The quantitative estimate of drug-likeness (QED) is 0.566. The maximum Gasteiger partial charge on any atom is 0.323 e. The van der Waals surface area contributed by atoms with Crippen molar-refractivity contribution >= 4 is 5.97 Å². The van der Waals surface area contributed by atoms with Crippen LogP contribution in [0.2, 0.25) is 0 Å². The van der Waals surface area contributed by atoms with Crippen molar-refractivity contribution < 1.29 is 9.53 Å². The molecule has 2 atom stereocenters. The highest BCUT2D eigenvalue weighted by atomic mass is 16.5. The number of carbonyl (C=O) groups excluding carboxylic acids is 1. The van der Waals surface area contributed by atoms with E-state index >= 15 is 0 Å². The molecule has 0 aromatic carbocycles. The van der Waals surface area contributed by atoms with Crippen molar-refractivity contribution in [2.45, 2.75) is 84.2 Å². The molecule has 2 unspecified atom stereocenters. The highest BCUT2D eigenvalue weighted by molar-refractivity contribution is 5.76. The summed E-state index contributed by atoms with van der Waals surface area (Å²) in [5.41, 5.74) is 0. The number of ether oxygens (including phenoxy) is 1. The molecule has 0 bridgehead atoms. The summed E-state index contributed by atoms with van der Waals surface area (Å²) in [6.07, 6.45) is 9.85. The predicted octanol–water partition coefficient (Wildman–Crippen LogP) is 3.67. The van der Waals surface area contributed by atoms with Crippen LogP contribution in [-0.2, 0) is 9.53 Å². The van der Waals surface area contributed by atoms with E-state index in [9.17, 15) is 4.79 Å². The molecule has 3 heteroatoms. The van der Waals surface area contributed by atoms with Gasteiger partial charge in [-0.3, -0.25) is 4.79 Å². The molecule has 0 amide bonds. The minimum atomic E-state index is -0.122. The van der Waals surface area contributed by atoms with Gasteiger partial charge in [0.05, 0.1) is 6.61 Å². The van der Waals surface area contributed by atoms with Gasteiger partial charge in [-0.2, -0.15) is 0 Å². The molecule has 0 radical (unpaired) electrons. The van der Waals surface area contributed by atoms with Gasteiger partial charge in [-0.05, 0) is 32.1 Å². The van der Waals surface area contributed by atoms with Gasteiger partial charge in [-0.1, -0.05) is 46.0 Å². The number of carbonyl (C=O) groups is 1. The molecule has 19 heavy (non-hydrogen) atoms. The molecule has 3 nitrogen and oxygen atoms in total. The van der Waals surface area contributed by atoms with Gasteiger partial charge in [-0.15, -0.1) is 0 Å². The summed E-state index contributed by atoms with van der Waals surface area (Å²) in [6.45, 7) is 6.69. The Morgan fingerprint density at radius 1 is 1.21 bits per heavy atom. The van der Waals surface area contributed by atoms with Crippen molar-refractivity contribution in [3.05, 3.63) is 0 Å². The van der Waals surface area contributed by atoms with Crippen LogP contribution in [0.5, 0.6) is 0 Å². The van der Waals surface area contributed by atoms with Gasteiger partial charge in [0.2, 0.25) is 0 Å². The second kappa shape index (κ2) is 9.35. The van der Waals surface area contributed by atoms with Gasteiger partial charge in [0, 0.05) is 6.04 Å². The molecule has 1 rings (SSSR count). The Balaban J connectivity index is 2.58. The molecule has 1 aliphatic rings. The van der Waals surface area contributed by atoms with Crippen molar-refractivity contribution in [3.8, 4) is 0 Å². The Morgan fingerprint density at radius 3 is 2.37 bits per heavy atom. The number of rotatable bonds is 7. The first kappa shape index (κ1) is 16.5. The Labute approximate surface area is 118 Å². The van der Waals surface area contributed by atoms with E-state index in [4.69, 9.17) is 4.74 Å². The molecule has 1 saturated carbocycles. The van der Waals surface area contributed by atoms with E-state index in [1.165, 1.54) is 38.5 Å². The van der Waals surface area contributed by atoms with Crippen LogP contribution in [0.25, 0.3) is 0 Å². The molecule has 0 saturated heterocycles. The Hall–Kier alpha value is -0.570. The molecule has 1 fully saturated rings. The summed E-state index contributed by atoms with van der Waals surface area (Å²) in [5.74, 6) is 0.292. The average Bonchev–Trinajstić information content (AvgIpc) is 2.64. The van der Waals surface area contributed by atoms with E-state index in [1.54, 1.807) is 0 Å². The first-order chi connectivity index (χ1) is 9.19. The van der Waals surface area contributed by atoms with E-state index in [2.05, 4.69) is 19.2 Å². The normalized spacial score (nSPS) is 20.6. The minimum absolute atomic E-state index is 0.0623. The van der Waals surface area contributed by atoms with E-state index in [-0.39, 0.29) is 12.0 Å². The van der Waals surface area contributed by atoms with Crippen LogP contribution in [0.4, 0.5) is 0 Å². The van der Waals surface area contributed by atoms with Gasteiger partial charge in [0.1, 0.15) is 6.04 Å². The average molecular weight is 269 g/mol. The standard InChI is InChI=1S/C16H31NO2/c1-4-10-13(3)15(16(18)19-5-2)17-14-11-8-6-7-9-12-14/h13-15,17H,4-12H2,1-3H3. The van der Waals surface area contributed by atoms with Crippen molar-refractivity contribution in [1.29, 1.82) is 0 Å². The number of esters is 1. The number of hydrogen-bond donors (Lipinski definition) is 1. The molecule has 0 spiro atoms. The van der Waals surface area contributed by atoms with Crippen molar-refractivity contribution in [2.75, 3.05) is 6.61 Å². The van der Waals surface area contributed by atoms with Crippen LogP contribution < -0.4 is 5.32 Å². The molecule has 1 aliphatic carbocycles. The SMILES string of the molecule is CCCC(C)C(NC1CCCCCC1)C(=O)OCC. The molecule has 0 aromatic heterocycles. The molecule has 1 N–H and O–H groups in total. The zero-order valence-corrected chi connectivity index (χ0v) is 12.9. The van der Waals surface area contributed by atoms with E-state index < -0.39 is 0 Å². The highest BCUT2D eigenvalue weighted by Crippen LogP contribution is 2.20. The lowest BCUT2D eigenvalue weighted by atomic mass is 9.95. The summed E-state index contributed by atoms with van der Waals surface area (Å²) in [5, 5.41) is 3.59. The summed E-state index contributed by atoms with van der Waals surface area (Å²) in [4.78, 5) is 12.1. The third kappa shape index (κ3) is 5.94. The number of hydrogen-bond acceptors (Lipinski definition) is 3. The van der Waals surface area contributed by atoms with E-state index in [0.29, 0.717) is 18.6 Å². The molecular weight excluding hydrogens is 238 g/mol. The maximum atomic E-state index is 12.1. The van der Waals surface area contributed by atoms with Crippen LogP contribution in [0.1, 0.15) is 72.1 Å². The van der Waals surface area contributed by atoms with Crippen molar-refractivity contribution in [1.82, 2.24) is 5.32 Å². The van der Waals surface area contributed by atoms with Gasteiger partial charge in [-0.25, -0.2) is 0 Å². The molecular formula is C16H31NO2. The second-order valence-electron chi connectivity index (χ2n) is 5.85. The zero-order chi connectivity index (χ0) is 14.1. The van der Waals surface area contributed by atoms with Gasteiger partial charge in [0.15, 0.2) is 0 Å². The molecule has 112 valence electrons. The van der Waals surface area contributed by atoms with Gasteiger partial charge in [0.25, 0.3) is 0 Å². The number of nitrogens with one attached hydrogen (secondary N) is 1. The zero-order valence-electron chi connectivity index (χ0n) is 12.9. The summed E-state index contributed by atoms with van der Waals surface area (Å²) >= 11 is 0. The smallest absolute Gasteiger partial charge is 0.323 e. The largest absolute Gasteiger partial charge is 0.465 e. The fourth-order valence-electron chi connectivity index (χ4n) is 3.02. The summed E-state index contributed by atoms with van der Waals surface area (Å²) in [7, 11) is 0. The van der Waals surface area contributed by atoms with Crippen LogP contribution >= 0.6 is 0 Å². The van der Waals surface area contributed by atoms with Gasteiger partial charge < -0.3 is 10.1 Å². The molecule has 0 aromatic rings.